The van der Waals surface area contributed by atoms with Gasteiger partial charge in [-0.05, 0) is 31.2 Å². The molecule has 1 saturated heterocycles. The summed E-state index contributed by atoms with van der Waals surface area (Å²) >= 11 is 0. The zero-order valence-corrected chi connectivity index (χ0v) is 12.4. The summed E-state index contributed by atoms with van der Waals surface area (Å²) in [7, 11) is -3.19. The molecule has 5 nitrogen and oxygen atoms in total. The first-order valence-electron chi connectivity index (χ1n) is 6.99. The number of hydrogen-bond acceptors (Lipinski definition) is 4. The van der Waals surface area contributed by atoms with Crippen molar-refractivity contribution in [3.05, 3.63) is 30.1 Å². The Kier molecular flexibility index (Phi) is 3.35. The number of hydrogen-bond donors (Lipinski definition) is 1. The molecule has 1 saturated carbocycles. The van der Waals surface area contributed by atoms with E-state index in [1.165, 1.54) is 10.6 Å². The number of pyridine rings is 1. The molecule has 1 aromatic heterocycles. The van der Waals surface area contributed by atoms with Crippen LogP contribution in [0.3, 0.4) is 0 Å². The van der Waals surface area contributed by atoms with Gasteiger partial charge in [-0.25, -0.2) is 12.7 Å². The standard InChI is InChI=1S/C14H20N2O3S/c1-20(18,19)16-9-11-4-2-6-14(17,13(11)10-16)12-5-3-7-15-8-12/h3,5,7-8,11,13,17H,2,4,6,9-10H2,1H3. The molecule has 1 aromatic rings. The van der Waals surface area contributed by atoms with Gasteiger partial charge in [0.2, 0.25) is 10.0 Å². The highest BCUT2D eigenvalue weighted by atomic mass is 32.2. The molecule has 0 radical (unpaired) electrons. The average Bonchev–Trinajstić information content (AvgIpc) is 2.85. The molecule has 2 aliphatic rings. The fourth-order valence-corrected chi connectivity index (χ4v) is 4.63. The Morgan fingerprint density at radius 1 is 1.45 bits per heavy atom. The van der Waals surface area contributed by atoms with E-state index in [4.69, 9.17) is 0 Å². The lowest BCUT2D eigenvalue weighted by atomic mass is 9.68. The summed E-state index contributed by atoms with van der Waals surface area (Å²) in [5, 5.41) is 11.1. The number of fused-ring (bicyclic) bond motifs is 1. The number of rotatable bonds is 2. The third-order valence-electron chi connectivity index (χ3n) is 4.78. The second kappa shape index (κ2) is 4.79. The molecule has 0 bridgehead atoms. The average molecular weight is 296 g/mol. The lowest BCUT2D eigenvalue weighted by molar-refractivity contribution is -0.0643. The van der Waals surface area contributed by atoms with E-state index < -0.39 is 15.6 Å². The predicted octanol–water partition coefficient (Wildman–Crippen LogP) is 0.961. The van der Waals surface area contributed by atoms with Crippen molar-refractivity contribution >= 4 is 10.0 Å². The maximum Gasteiger partial charge on any atom is 0.211 e. The first-order chi connectivity index (χ1) is 9.41. The van der Waals surface area contributed by atoms with E-state index in [1.54, 1.807) is 12.4 Å². The van der Waals surface area contributed by atoms with Crippen molar-refractivity contribution in [2.75, 3.05) is 19.3 Å². The third-order valence-corrected chi connectivity index (χ3v) is 6.02. The highest BCUT2D eigenvalue weighted by Gasteiger charge is 2.51. The Balaban J connectivity index is 1.94. The van der Waals surface area contributed by atoms with Crippen molar-refractivity contribution in [2.45, 2.75) is 24.9 Å². The summed E-state index contributed by atoms with van der Waals surface area (Å²) in [6.07, 6.45) is 7.21. The third kappa shape index (κ3) is 2.25. The molecule has 3 rings (SSSR count). The first-order valence-corrected chi connectivity index (χ1v) is 8.84. The van der Waals surface area contributed by atoms with Gasteiger partial charge in [0.15, 0.2) is 0 Å². The molecule has 2 heterocycles. The molecule has 0 aromatic carbocycles. The number of nitrogens with zero attached hydrogens (tertiary/aromatic N) is 2. The molecule has 1 N–H and O–H groups in total. The molecule has 3 atom stereocenters. The minimum atomic E-state index is -3.19. The monoisotopic (exact) mass is 296 g/mol. The summed E-state index contributed by atoms with van der Waals surface area (Å²) < 4.78 is 25.0. The molecular formula is C14H20N2O3S. The molecule has 20 heavy (non-hydrogen) atoms. The van der Waals surface area contributed by atoms with E-state index in [0.29, 0.717) is 19.5 Å². The Hall–Kier alpha value is -0.980. The van der Waals surface area contributed by atoms with Crippen LogP contribution in [-0.2, 0) is 15.6 Å². The summed E-state index contributed by atoms with van der Waals surface area (Å²) in [5.41, 5.74) is -0.138. The van der Waals surface area contributed by atoms with Crippen LogP contribution in [0.2, 0.25) is 0 Å². The van der Waals surface area contributed by atoms with Gasteiger partial charge in [-0.15, -0.1) is 0 Å². The van der Waals surface area contributed by atoms with Crippen molar-refractivity contribution < 1.29 is 13.5 Å². The maximum absolute atomic E-state index is 11.8. The molecule has 110 valence electrons. The van der Waals surface area contributed by atoms with Crippen molar-refractivity contribution in [2.24, 2.45) is 11.8 Å². The van der Waals surface area contributed by atoms with Crippen molar-refractivity contribution in [1.29, 1.82) is 0 Å². The molecule has 3 unspecified atom stereocenters. The predicted molar refractivity (Wildman–Crippen MR) is 75.4 cm³/mol. The molecule has 0 spiro atoms. The lowest BCUT2D eigenvalue weighted by Crippen LogP contribution is -2.43. The number of aliphatic hydroxyl groups is 1. The van der Waals surface area contributed by atoms with E-state index >= 15 is 0 Å². The van der Waals surface area contributed by atoms with Crippen molar-refractivity contribution in [3.63, 3.8) is 0 Å². The highest BCUT2D eigenvalue weighted by Crippen LogP contribution is 2.48. The van der Waals surface area contributed by atoms with Crippen LogP contribution in [0, 0.1) is 11.8 Å². The Labute approximate surface area is 119 Å². The van der Waals surface area contributed by atoms with Crippen LogP contribution in [0.25, 0.3) is 0 Å². The van der Waals surface area contributed by atoms with Crippen LogP contribution in [-0.4, -0.2) is 42.2 Å². The molecule has 1 aliphatic heterocycles. The topological polar surface area (TPSA) is 70.5 Å². The van der Waals surface area contributed by atoms with Crippen LogP contribution in [0.5, 0.6) is 0 Å². The Morgan fingerprint density at radius 2 is 2.25 bits per heavy atom. The highest BCUT2D eigenvalue weighted by molar-refractivity contribution is 7.88. The largest absolute Gasteiger partial charge is 0.385 e. The maximum atomic E-state index is 11.8. The fourth-order valence-electron chi connectivity index (χ4n) is 3.73. The van der Waals surface area contributed by atoms with Crippen molar-refractivity contribution in [1.82, 2.24) is 9.29 Å². The minimum Gasteiger partial charge on any atom is -0.385 e. The van der Waals surface area contributed by atoms with Crippen LogP contribution >= 0.6 is 0 Å². The molecule has 6 heteroatoms. The zero-order chi connectivity index (χ0) is 14.4. The van der Waals surface area contributed by atoms with Gasteiger partial charge >= 0.3 is 0 Å². The van der Waals surface area contributed by atoms with Crippen molar-refractivity contribution in [3.8, 4) is 0 Å². The molecular weight excluding hydrogens is 276 g/mol. The van der Waals surface area contributed by atoms with Crippen LogP contribution < -0.4 is 0 Å². The van der Waals surface area contributed by atoms with Gasteiger partial charge in [-0.3, -0.25) is 4.98 Å². The van der Waals surface area contributed by atoms with Crippen LogP contribution in [0.1, 0.15) is 24.8 Å². The van der Waals surface area contributed by atoms with E-state index in [9.17, 15) is 13.5 Å². The smallest absolute Gasteiger partial charge is 0.211 e. The van der Waals surface area contributed by atoms with E-state index in [2.05, 4.69) is 4.98 Å². The Bertz CT molecular complexity index is 590. The van der Waals surface area contributed by atoms with E-state index in [0.717, 1.165) is 18.4 Å². The number of aromatic nitrogens is 1. The second-order valence-electron chi connectivity index (χ2n) is 6.00. The molecule has 2 fully saturated rings. The molecule has 0 amide bonds. The van der Waals surface area contributed by atoms with Crippen LogP contribution in [0.4, 0.5) is 0 Å². The van der Waals surface area contributed by atoms with Gasteiger partial charge in [-0.1, -0.05) is 6.07 Å². The van der Waals surface area contributed by atoms with E-state index in [1.807, 2.05) is 12.1 Å². The lowest BCUT2D eigenvalue weighted by Gasteiger charge is -2.41. The number of sulfonamides is 1. The van der Waals surface area contributed by atoms with E-state index in [-0.39, 0.29) is 11.8 Å². The normalized spacial score (nSPS) is 34.9. The quantitative estimate of drug-likeness (QED) is 0.882. The summed E-state index contributed by atoms with van der Waals surface area (Å²) in [4.78, 5) is 4.10. The summed E-state index contributed by atoms with van der Waals surface area (Å²) in [6, 6.07) is 3.71. The Morgan fingerprint density at radius 3 is 2.90 bits per heavy atom. The van der Waals surface area contributed by atoms with Gasteiger partial charge in [0, 0.05) is 37.0 Å². The van der Waals surface area contributed by atoms with Gasteiger partial charge < -0.3 is 5.11 Å². The van der Waals surface area contributed by atoms with Gasteiger partial charge in [-0.2, -0.15) is 0 Å². The zero-order valence-electron chi connectivity index (χ0n) is 11.6. The first kappa shape index (κ1) is 14.0. The molecule has 1 aliphatic carbocycles. The minimum absolute atomic E-state index is 0.0322. The SMILES string of the molecule is CS(=O)(=O)N1CC2CCCC(O)(c3cccnc3)C2C1. The summed E-state index contributed by atoms with van der Waals surface area (Å²) in [6.45, 7) is 0.945. The second-order valence-corrected chi connectivity index (χ2v) is 7.99. The van der Waals surface area contributed by atoms with Gasteiger partial charge in [0.25, 0.3) is 0 Å². The van der Waals surface area contributed by atoms with Crippen LogP contribution in [0.15, 0.2) is 24.5 Å². The van der Waals surface area contributed by atoms with Gasteiger partial charge in [0.1, 0.15) is 0 Å². The fraction of sp³-hybridized carbons (Fsp3) is 0.643. The summed E-state index contributed by atoms with van der Waals surface area (Å²) in [5.74, 6) is 0.207. The van der Waals surface area contributed by atoms with Gasteiger partial charge in [0.05, 0.1) is 11.9 Å².